The van der Waals surface area contributed by atoms with Crippen molar-refractivity contribution in [2.45, 2.75) is 26.2 Å². The third-order valence-electron chi connectivity index (χ3n) is 2.39. The third kappa shape index (κ3) is 4.77. The lowest BCUT2D eigenvalue weighted by Crippen LogP contribution is -2.30. The highest BCUT2D eigenvalue weighted by atomic mass is 79.9. The molecule has 0 bridgehead atoms. The molecule has 1 aromatic carbocycles. The van der Waals surface area contributed by atoms with Gasteiger partial charge in [-0.15, -0.1) is 0 Å². The van der Waals surface area contributed by atoms with Gasteiger partial charge in [0.1, 0.15) is 0 Å². The molecule has 17 heavy (non-hydrogen) atoms. The summed E-state index contributed by atoms with van der Waals surface area (Å²) in [4.78, 5) is 11.4. The molecular weight excluding hydrogens is 280 g/mol. The first-order chi connectivity index (χ1) is 7.93. The largest absolute Gasteiger partial charge is 0.337 e. The molecule has 0 heterocycles. The summed E-state index contributed by atoms with van der Waals surface area (Å²) in [5.41, 5.74) is 2.20. The van der Waals surface area contributed by atoms with Gasteiger partial charge in [0, 0.05) is 17.6 Å². The first-order valence-electron chi connectivity index (χ1n) is 5.65. The zero-order valence-corrected chi connectivity index (χ0v) is 12.1. The van der Waals surface area contributed by atoms with E-state index >= 15 is 0 Å². The molecule has 0 fully saturated rings. The molecule has 0 saturated heterocycles. The molecule has 0 radical (unpaired) electrons. The fourth-order valence-electron chi connectivity index (χ4n) is 1.39. The number of amides is 2. The van der Waals surface area contributed by atoms with E-state index in [1.54, 1.807) is 0 Å². The molecule has 1 aromatic rings. The van der Waals surface area contributed by atoms with Crippen LogP contribution in [0.4, 0.5) is 10.5 Å². The molecule has 0 aromatic heterocycles. The first-order valence-corrected chi connectivity index (χ1v) is 6.77. The van der Waals surface area contributed by atoms with Crippen LogP contribution < -0.4 is 10.6 Å². The Morgan fingerprint density at radius 3 is 2.29 bits per heavy atom. The molecule has 0 unspecified atom stereocenters. The minimum atomic E-state index is -0.173. The Bertz CT molecular complexity index is 368. The first kappa shape index (κ1) is 14.0. The fraction of sp³-hybridized carbons (Fsp3) is 0.462. The lowest BCUT2D eigenvalue weighted by Gasteiger charge is -2.19. The second kappa shape index (κ2) is 6.05. The predicted octanol–water partition coefficient (Wildman–Crippen LogP) is 3.50. The number of rotatable bonds is 3. The van der Waals surface area contributed by atoms with Gasteiger partial charge >= 0.3 is 6.03 Å². The molecule has 0 atom stereocenters. The number of anilines is 1. The van der Waals surface area contributed by atoms with Crippen molar-refractivity contribution in [1.29, 1.82) is 0 Å². The van der Waals surface area contributed by atoms with Gasteiger partial charge < -0.3 is 10.6 Å². The van der Waals surface area contributed by atoms with Gasteiger partial charge in [0.15, 0.2) is 0 Å². The summed E-state index contributed by atoms with van der Waals surface area (Å²) < 4.78 is 0. The maximum absolute atomic E-state index is 11.4. The van der Waals surface area contributed by atoms with Crippen LogP contribution >= 0.6 is 15.9 Å². The summed E-state index contributed by atoms with van der Waals surface area (Å²) in [7, 11) is 0. The quantitative estimate of drug-likeness (QED) is 0.824. The predicted molar refractivity (Wildman–Crippen MR) is 76.0 cm³/mol. The van der Waals surface area contributed by atoms with E-state index in [1.807, 2.05) is 24.3 Å². The van der Waals surface area contributed by atoms with E-state index in [1.165, 1.54) is 5.56 Å². The van der Waals surface area contributed by atoms with E-state index in [-0.39, 0.29) is 11.4 Å². The zero-order chi connectivity index (χ0) is 12.9. The normalized spacial score (nSPS) is 11.1. The Morgan fingerprint density at radius 2 is 1.82 bits per heavy atom. The molecule has 2 N–H and O–H groups in total. The van der Waals surface area contributed by atoms with E-state index in [0.717, 1.165) is 11.0 Å². The summed E-state index contributed by atoms with van der Waals surface area (Å²) in [5.74, 6) is 0. The molecule has 3 nitrogen and oxygen atoms in total. The molecule has 0 aliphatic heterocycles. The van der Waals surface area contributed by atoms with Crippen LogP contribution in [0.1, 0.15) is 26.3 Å². The smallest absolute Gasteiger partial charge is 0.319 e. The van der Waals surface area contributed by atoms with Crippen molar-refractivity contribution < 1.29 is 4.79 Å². The van der Waals surface area contributed by atoms with Crippen LogP contribution in [-0.2, 0) is 5.41 Å². The average Bonchev–Trinajstić information content (AvgIpc) is 2.26. The minimum Gasteiger partial charge on any atom is -0.337 e. The number of carbonyl (C=O) groups is 1. The highest BCUT2D eigenvalue weighted by Gasteiger charge is 2.12. The van der Waals surface area contributed by atoms with E-state index in [0.29, 0.717) is 6.54 Å². The molecule has 2 amide bonds. The maximum Gasteiger partial charge on any atom is 0.319 e. The number of nitrogens with one attached hydrogen (secondary N) is 2. The lowest BCUT2D eigenvalue weighted by atomic mass is 9.87. The zero-order valence-electron chi connectivity index (χ0n) is 10.5. The summed E-state index contributed by atoms with van der Waals surface area (Å²) >= 11 is 3.25. The Morgan fingerprint density at radius 1 is 1.24 bits per heavy atom. The second-order valence-electron chi connectivity index (χ2n) is 4.90. The fourth-order valence-corrected chi connectivity index (χ4v) is 1.59. The van der Waals surface area contributed by atoms with Crippen molar-refractivity contribution in [3.63, 3.8) is 0 Å². The Labute approximate surface area is 111 Å². The van der Waals surface area contributed by atoms with E-state index in [9.17, 15) is 4.79 Å². The highest BCUT2D eigenvalue weighted by Crippen LogP contribution is 2.23. The molecule has 94 valence electrons. The van der Waals surface area contributed by atoms with Crippen molar-refractivity contribution in [2.75, 3.05) is 17.2 Å². The third-order valence-corrected chi connectivity index (χ3v) is 2.79. The maximum atomic E-state index is 11.4. The van der Waals surface area contributed by atoms with Crippen LogP contribution in [-0.4, -0.2) is 17.9 Å². The monoisotopic (exact) mass is 298 g/mol. The molecule has 0 aliphatic carbocycles. The Hall–Kier alpha value is -1.03. The summed E-state index contributed by atoms with van der Waals surface area (Å²) in [6.07, 6.45) is 0. The van der Waals surface area contributed by atoms with Crippen LogP contribution in [0, 0.1) is 0 Å². The number of hydrogen-bond acceptors (Lipinski definition) is 1. The van der Waals surface area contributed by atoms with E-state index in [2.05, 4.69) is 47.3 Å². The second-order valence-corrected chi connectivity index (χ2v) is 5.69. The molecule has 0 saturated carbocycles. The highest BCUT2D eigenvalue weighted by molar-refractivity contribution is 9.09. The van der Waals surface area contributed by atoms with Crippen molar-refractivity contribution >= 4 is 27.6 Å². The van der Waals surface area contributed by atoms with Gasteiger partial charge in [-0.25, -0.2) is 4.79 Å². The summed E-state index contributed by atoms with van der Waals surface area (Å²) in [5, 5.41) is 6.27. The van der Waals surface area contributed by atoms with Crippen LogP contribution in [0.2, 0.25) is 0 Å². The molecule has 0 aliphatic rings. The molecule has 4 heteroatoms. The van der Waals surface area contributed by atoms with Crippen LogP contribution in [0.15, 0.2) is 24.3 Å². The molecule has 0 spiro atoms. The molecular formula is C13H19BrN2O. The number of hydrogen-bond donors (Lipinski definition) is 2. The van der Waals surface area contributed by atoms with Crippen molar-refractivity contribution in [2.24, 2.45) is 0 Å². The SMILES string of the molecule is CC(C)(C)c1ccc(NC(=O)NCCBr)cc1. The van der Waals surface area contributed by atoms with E-state index < -0.39 is 0 Å². The van der Waals surface area contributed by atoms with Gasteiger partial charge in [-0.1, -0.05) is 48.8 Å². The van der Waals surface area contributed by atoms with Gasteiger partial charge in [0.25, 0.3) is 0 Å². The van der Waals surface area contributed by atoms with Gasteiger partial charge in [-0.2, -0.15) is 0 Å². The molecule has 1 rings (SSSR count). The van der Waals surface area contributed by atoms with Crippen LogP contribution in [0.3, 0.4) is 0 Å². The lowest BCUT2D eigenvalue weighted by molar-refractivity contribution is 0.252. The van der Waals surface area contributed by atoms with Gasteiger partial charge in [0.2, 0.25) is 0 Å². The number of alkyl halides is 1. The van der Waals surface area contributed by atoms with Gasteiger partial charge in [0.05, 0.1) is 0 Å². The van der Waals surface area contributed by atoms with Crippen molar-refractivity contribution in [1.82, 2.24) is 5.32 Å². The summed E-state index contributed by atoms with van der Waals surface area (Å²) in [6, 6.07) is 7.76. The number of carbonyl (C=O) groups excluding carboxylic acids is 1. The number of benzene rings is 1. The standard InChI is InChI=1S/C13H19BrN2O/c1-13(2,3)10-4-6-11(7-5-10)16-12(17)15-9-8-14/h4-7H,8-9H2,1-3H3,(H2,15,16,17). The number of halogens is 1. The number of urea groups is 1. The van der Waals surface area contributed by atoms with Crippen molar-refractivity contribution in [3.8, 4) is 0 Å². The van der Waals surface area contributed by atoms with Crippen molar-refractivity contribution in [3.05, 3.63) is 29.8 Å². The van der Waals surface area contributed by atoms with Crippen LogP contribution in [0.25, 0.3) is 0 Å². The Kier molecular flexibility index (Phi) is 5.00. The van der Waals surface area contributed by atoms with E-state index in [4.69, 9.17) is 0 Å². The minimum absolute atomic E-state index is 0.136. The van der Waals surface area contributed by atoms with Gasteiger partial charge in [-0.3, -0.25) is 0 Å². The van der Waals surface area contributed by atoms with Crippen LogP contribution in [0.5, 0.6) is 0 Å². The van der Waals surface area contributed by atoms with Gasteiger partial charge in [-0.05, 0) is 23.1 Å². The summed E-state index contributed by atoms with van der Waals surface area (Å²) in [6.45, 7) is 7.11. The topological polar surface area (TPSA) is 41.1 Å². The average molecular weight is 299 g/mol. The Balaban J connectivity index is 2.60.